The molecule has 1 saturated heterocycles. The van der Waals surface area contributed by atoms with Gasteiger partial charge in [0.25, 0.3) is 0 Å². The number of benzene rings is 1. The van der Waals surface area contributed by atoms with E-state index in [4.69, 9.17) is 4.74 Å². The predicted octanol–water partition coefficient (Wildman–Crippen LogP) is 1.38. The van der Waals surface area contributed by atoms with Crippen molar-refractivity contribution in [2.45, 2.75) is 25.9 Å². The van der Waals surface area contributed by atoms with Crippen LogP contribution in [0, 0.1) is 0 Å². The molecule has 0 amide bonds. The van der Waals surface area contributed by atoms with Crippen LogP contribution in [0.2, 0.25) is 0 Å². The number of anilines is 1. The Bertz CT molecular complexity index is 384. The second kappa shape index (κ2) is 6.37. The van der Waals surface area contributed by atoms with Gasteiger partial charge in [-0.25, -0.2) is 0 Å². The molecule has 19 heavy (non-hydrogen) atoms. The molecular weight excluding hydrogens is 240 g/mol. The van der Waals surface area contributed by atoms with Gasteiger partial charge in [-0.3, -0.25) is 0 Å². The molecule has 1 aliphatic rings. The maximum atomic E-state index is 9.21. The second-order valence-corrected chi connectivity index (χ2v) is 5.66. The molecule has 1 aromatic carbocycles. The van der Waals surface area contributed by atoms with Crippen LogP contribution in [0.4, 0.5) is 5.69 Å². The van der Waals surface area contributed by atoms with E-state index < -0.39 is 0 Å². The third-order valence-corrected chi connectivity index (χ3v) is 3.48. The first-order chi connectivity index (χ1) is 9.11. The van der Waals surface area contributed by atoms with Gasteiger partial charge in [0.2, 0.25) is 0 Å². The highest BCUT2D eigenvalue weighted by Crippen LogP contribution is 2.17. The maximum Gasteiger partial charge on any atom is 0.0642 e. The number of nitrogens with one attached hydrogen (secondary N) is 1. The van der Waals surface area contributed by atoms with E-state index in [9.17, 15) is 5.11 Å². The maximum absolute atomic E-state index is 9.21. The summed E-state index contributed by atoms with van der Waals surface area (Å²) in [6, 6.07) is 8.61. The topological polar surface area (TPSA) is 44.7 Å². The monoisotopic (exact) mass is 264 g/mol. The zero-order valence-corrected chi connectivity index (χ0v) is 11.9. The van der Waals surface area contributed by atoms with E-state index >= 15 is 0 Å². The van der Waals surface area contributed by atoms with Gasteiger partial charge in [0.05, 0.1) is 19.8 Å². The van der Waals surface area contributed by atoms with E-state index in [1.165, 1.54) is 11.3 Å². The Hall–Kier alpha value is -1.10. The summed E-state index contributed by atoms with van der Waals surface area (Å²) in [6.07, 6.45) is 0. The number of aliphatic hydroxyl groups excluding tert-OH is 1. The average molecular weight is 264 g/mol. The smallest absolute Gasteiger partial charge is 0.0642 e. The molecule has 1 heterocycles. The lowest BCUT2D eigenvalue weighted by Crippen LogP contribution is -2.42. The molecule has 2 rings (SSSR count). The number of rotatable bonds is 5. The lowest BCUT2D eigenvalue weighted by atomic mass is 10.1. The van der Waals surface area contributed by atoms with E-state index in [0.717, 1.165) is 32.8 Å². The van der Waals surface area contributed by atoms with Crippen molar-refractivity contribution >= 4 is 5.69 Å². The molecule has 1 aliphatic heterocycles. The fraction of sp³-hybridized carbons (Fsp3) is 0.600. The van der Waals surface area contributed by atoms with Crippen LogP contribution < -0.4 is 10.2 Å². The molecule has 2 N–H and O–H groups in total. The predicted molar refractivity (Wildman–Crippen MR) is 77.5 cm³/mol. The van der Waals surface area contributed by atoms with Crippen LogP contribution in [0.15, 0.2) is 24.3 Å². The number of ether oxygens (including phenoxy) is 1. The molecule has 0 spiro atoms. The molecule has 4 nitrogen and oxygen atoms in total. The normalized spacial score (nSPS) is 16.7. The Balaban J connectivity index is 1.91. The van der Waals surface area contributed by atoms with E-state index in [2.05, 4.69) is 34.5 Å². The van der Waals surface area contributed by atoms with Crippen LogP contribution in [-0.2, 0) is 11.3 Å². The van der Waals surface area contributed by atoms with Crippen molar-refractivity contribution < 1.29 is 9.84 Å². The molecule has 1 aromatic rings. The van der Waals surface area contributed by atoms with Gasteiger partial charge in [0.15, 0.2) is 0 Å². The van der Waals surface area contributed by atoms with Crippen molar-refractivity contribution in [1.29, 1.82) is 0 Å². The van der Waals surface area contributed by atoms with E-state index in [1.807, 2.05) is 13.8 Å². The highest BCUT2D eigenvalue weighted by atomic mass is 16.5. The summed E-state index contributed by atoms with van der Waals surface area (Å²) in [6.45, 7) is 8.46. The van der Waals surface area contributed by atoms with Crippen molar-refractivity contribution in [3.8, 4) is 0 Å². The molecule has 0 unspecified atom stereocenters. The summed E-state index contributed by atoms with van der Waals surface area (Å²) in [4.78, 5) is 2.35. The molecule has 0 aromatic heterocycles. The first kappa shape index (κ1) is 14.3. The van der Waals surface area contributed by atoms with Crippen molar-refractivity contribution in [2.24, 2.45) is 0 Å². The molecule has 4 heteroatoms. The quantitative estimate of drug-likeness (QED) is 0.843. The number of hydrogen-bond acceptors (Lipinski definition) is 4. The Morgan fingerprint density at radius 3 is 2.42 bits per heavy atom. The third-order valence-electron chi connectivity index (χ3n) is 3.48. The summed E-state index contributed by atoms with van der Waals surface area (Å²) >= 11 is 0. The minimum atomic E-state index is -0.233. The number of hydrogen-bond donors (Lipinski definition) is 2. The van der Waals surface area contributed by atoms with Gasteiger partial charge in [-0.15, -0.1) is 0 Å². The first-order valence-electron chi connectivity index (χ1n) is 6.88. The van der Waals surface area contributed by atoms with Gasteiger partial charge >= 0.3 is 0 Å². The average Bonchev–Trinajstić information content (AvgIpc) is 2.47. The third kappa shape index (κ3) is 4.20. The lowest BCUT2D eigenvalue weighted by Gasteiger charge is -2.29. The van der Waals surface area contributed by atoms with Crippen molar-refractivity contribution in [3.05, 3.63) is 29.8 Å². The van der Waals surface area contributed by atoms with Gasteiger partial charge in [-0.2, -0.15) is 0 Å². The summed E-state index contributed by atoms with van der Waals surface area (Å²) < 4.78 is 5.36. The summed E-state index contributed by atoms with van der Waals surface area (Å²) in [7, 11) is 0. The number of morpholine rings is 1. The minimum Gasteiger partial charge on any atom is -0.394 e. The van der Waals surface area contributed by atoms with Crippen LogP contribution in [0.1, 0.15) is 19.4 Å². The molecule has 0 radical (unpaired) electrons. The Morgan fingerprint density at radius 2 is 1.84 bits per heavy atom. The van der Waals surface area contributed by atoms with E-state index in [1.54, 1.807) is 0 Å². The SMILES string of the molecule is CC(C)(CO)NCc1ccc(N2CCOCC2)cc1. The molecule has 1 fully saturated rings. The van der Waals surface area contributed by atoms with Gasteiger partial charge in [0.1, 0.15) is 0 Å². The summed E-state index contributed by atoms with van der Waals surface area (Å²) in [5.41, 5.74) is 2.26. The van der Waals surface area contributed by atoms with Gasteiger partial charge in [-0.1, -0.05) is 12.1 Å². The largest absolute Gasteiger partial charge is 0.394 e. The highest BCUT2D eigenvalue weighted by Gasteiger charge is 2.15. The minimum absolute atomic E-state index is 0.138. The van der Waals surface area contributed by atoms with Crippen molar-refractivity contribution in [3.63, 3.8) is 0 Å². The van der Waals surface area contributed by atoms with Crippen LogP contribution in [-0.4, -0.2) is 43.6 Å². The van der Waals surface area contributed by atoms with Crippen LogP contribution in [0.3, 0.4) is 0 Å². The number of nitrogens with zero attached hydrogens (tertiary/aromatic N) is 1. The van der Waals surface area contributed by atoms with Crippen LogP contribution in [0.5, 0.6) is 0 Å². The zero-order chi connectivity index (χ0) is 13.7. The molecule has 0 bridgehead atoms. The van der Waals surface area contributed by atoms with Crippen molar-refractivity contribution in [2.75, 3.05) is 37.8 Å². The van der Waals surface area contributed by atoms with Gasteiger partial charge < -0.3 is 20.1 Å². The standard InChI is InChI=1S/C15H24N2O2/c1-15(2,12-18)16-11-13-3-5-14(6-4-13)17-7-9-19-10-8-17/h3-6,16,18H,7-12H2,1-2H3. The van der Waals surface area contributed by atoms with Crippen molar-refractivity contribution in [1.82, 2.24) is 5.32 Å². The highest BCUT2D eigenvalue weighted by molar-refractivity contribution is 5.47. The van der Waals surface area contributed by atoms with Crippen LogP contribution in [0.25, 0.3) is 0 Å². The second-order valence-electron chi connectivity index (χ2n) is 5.66. The lowest BCUT2D eigenvalue weighted by molar-refractivity contribution is 0.122. The summed E-state index contributed by atoms with van der Waals surface area (Å²) in [5, 5.41) is 12.5. The molecule has 106 valence electrons. The van der Waals surface area contributed by atoms with Gasteiger partial charge in [-0.05, 0) is 31.5 Å². The molecule has 0 aliphatic carbocycles. The fourth-order valence-electron chi connectivity index (χ4n) is 2.04. The molecule has 0 saturated carbocycles. The summed E-state index contributed by atoms with van der Waals surface area (Å²) in [5.74, 6) is 0. The van der Waals surface area contributed by atoms with Crippen LogP contribution >= 0.6 is 0 Å². The van der Waals surface area contributed by atoms with Gasteiger partial charge in [0, 0.05) is 30.9 Å². The first-order valence-corrected chi connectivity index (χ1v) is 6.88. The fourth-order valence-corrected chi connectivity index (χ4v) is 2.04. The van der Waals surface area contributed by atoms with E-state index in [-0.39, 0.29) is 12.1 Å². The Labute approximate surface area is 115 Å². The molecule has 0 atom stereocenters. The van der Waals surface area contributed by atoms with E-state index in [0.29, 0.717) is 0 Å². The molecular formula is C15H24N2O2. The zero-order valence-electron chi connectivity index (χ0n) is 11.9. The Morgan fingerprint density at radius 1 is 1.21 bits per heavy atom. The Kier molecular flexibility index (Phi) is 4.80. The number of aliphatic hydroxyl groups is 1.